The van der Waals surface area contributed by atoms with Gasteiger partial charge in [-0.2, -0.15) is 0 Å². The van der Waals surface area contributed by atoms with Gasteiger partial charge in [-0.3, -0.25) is 0 Å². The summed E-state index contributed by atoms with van der Waals surface area (Å²) in [5, 5.41) is 9.27. The van der Waals surface area contributed by atoms with Crippen molar-refractivity contribution in [3.05, 3.63) is 40.6 Å². The van der Waals surface area contributed by atoms with Gasteiger partial charge in [-0.05, 0) is 49.6 Å². The fraction of sp³-hybridized carbons (Fsp3) is 0.333. The molecule has 0 spiro atoms. The molecule has 0 atom stereocenters. The van der Waals surface area contributed by atoms with Crippen LogP contribution in [0.5, 0.6) is 5.75 Å². The van der Waals surface area contributed by atoms with Crippen LogP contribution in [-0.4, -0.2) is 17.2 Å². The first-order valence-electron chi connectivity index (χ1n) is 6.01. The number of aryl methyl sites for hydroxylation is 3. The van der Waals surface area contributed by atoms with Gasteiger partial charge in [0.2, 0.25) is 0 Å². The Kier molecular flexibility index (Phi) is 3.43. The van der Waals surface area contributed by atoms with E-state index >= 15 is 0 Å². The van der Waals surface area contributed by atoms with Gasteiger partial charge < -0.3 is 14.8 Å². The van der Waals surface area contributed by atoms with Crippen LogP contribution in [0, 0.1) is 20.8 Å². The van der Waals surface area contributed by atoms with Crippen LogP contribution < -0.4 is 4.74 Å². The molecule has 2 N–H and O–H groups in total. The number of hydrogen-bond donors (Lipinski definition) is 2. The highest BCUT2D eigenvalue weighted by Gasteiger charge is 2.13. The van der Waals surface area contributed by atoms with Crippen LogP contribution >= 0.6 is 0 Å². The molecule has 1 heterocycles. The lowest BCUT2D eigenvalue weighted by Crippen LogP contribution is -1.92. The third-order valence-electron chi connectivity index (χ3n) is 3.23. The zero-order valence-electron chi connectivity index (χ0n) is 11.3. The lowest BCUT2D eigenvalue weighted by molar-refractivity contribution is 0.281. The van der Waals surface area contributed by atoms with Gasteiger partial charge in [-0.25, -0.2) is 0 Å². The maximum Gasteiger partial charge on any atom is 0.128 e. The molecule has 18 heavy (non-hydrogen) atoms. The van der Waals surface area contributed by atoms with Gasteiger partial charge in [0.05, 0.1) is 13.7 Å². The lowest BCUT2D eigenvalue weighted by Gasteiger charge is -2.11. The molecule has 0 saturated heterocycles. The van der Waals surface area contributed by atoms with Crippen LogP contribution in [0.15, 0.2) is 18.2 Å². The molecule has 0 unspecified atom stereocenters. The Morgan fingerprint density at radius 1 is 1.17 bits per heavy atom. The average molecular weight is 245 g/mol. The summed E-state index contributed by atoms with van der Waals surface area (Å²) in [4.78, 5) is 3.31. The van der Waals surface area contributed by atoms with Crippen molar-refractivity contribution in [3.63, 3.8) is 0 Å². The molecule has 0 saturated carbocycles. The van der Waals surface area contributed by atoms with Crippen molar-refractivity contribution in [1.82, 2.24) is 4.98 Å². The van der Waals surface area contributed by atoms with Crippen molar-refractivity contribution < 1.29 is 9.84 Å². The van der Waals surface area contributed by atoms with Crippen molar-refractivity contribution in [2.45, 2.75) is 27.4 Å². The molecule has 1 aromatic heterocycles. The number of aromatic nitrogens is 1. The van der Waals surface area contributed by atoms with E-state index in [2.05, 4.69) is 24.9 Å². The molecule has 0 aliphatic heterocycles. The first-order chi connectivity index (χ1) is 8.56. The van der Waals surface area contributed by atoms with Gasteiger partial charge in [0.25, 0.3) is 0 Å². The van der Waals surface area contributed by atoms with Crippen molar-refractivity contribution in [2.75, 3.05) is 7.11 Å². The molecule has 0 radical (unpaired) electrons. The average Bonchev–Trinajstić information content (AvgIpc) is 2.68. The monoisotopic (exact) mass is 245 g/mol. The third kappa shape index (κ3) is 2.14. The zero-order valence-corrected chi connectivity index (χ0v) is 11.3. The second-order valence-electron chi connectivity index (χ2n) is 4.65. The highest BCUT2D eigenvalue weighted by Crippen LogP contribution is 2.34. The molecular weight excluding hydrogens is 226 g/mol. The van der Waals surface area contributed by atoms with E-state index in [0.29, 0.717) is 0 Å². The van der Waals surface area contributed by atoms with Gasteiger partial charge in [-0.1, -0.05) is 6.07 Å². The number of rotatable bonds is 3. The zero-order chi connectivity index (χ0) is 13.3. The van der Waals surface area contributed by atoms with E-state index in [-0.39, 0.29) is 6.61 Å². The summed E-state index contributed by atoms with van der Waals surface area (Å²) in [7, 11) is 1.68. The number of aromatic amines is 1. The maximum absolute atomic E-state index is 9.27. The first-order valence-corrected chi connectivity index (χ1v) is 6.01. The lowest BCUT2D eigenvalue weighted by atomic mass is 10.0. The van der Waals surface area contributed by atoms with E-state index in [0.717, 1.165) is 33.8 Å². The Bertz CT molecular complexity index is 570. The molecule has 0 aliphatic rings. The second-order valence-corrected chi connectivity index (χ2v) is 4.65. The van der Waals surface area contributed by atoms with Crippen molar-refractivity contribution in [1.29, 1.82) is 0 Å². The number of H-pyrrole nitrogens is 1. The number of nitrogens with one attached hydrogen (secondary N) is 1. The Labute approximate surface area is 107 Å². The number of hydrogen-bond acceptors (Lipinski definition) is 2. The van der Waals surface area contributed by atoms with Gasteiger partial charge in [-0.15, -0.1) is 0 Å². The fourth-order valence-corrected chi connectivity index (χ4v) is 2.33. The summed E-state index contributed by atoms with van der Waals surface area (Å²) in [5.74, 6) is 0.859. The SMILES string of the molecule is COc1cc(C)cc(C)c1-c1cc(CO)c(C)[nH]1. The van der Waals surface area contributed by atoms with Crippen molar-refractivity contribution in [2.24, 2.45) is 0 Å². The van der Waals surface area contributed by atoms with Crippen LogP contribution in [0.2, 0.25) is 0 Å². The Hall–Kier alpha value is -1.74. The van der Waals surface area contributed by atoms with Gasteiger partial charge >= 0.3 is 0 Å². The highest BCUT2D eigenvalue weighted by atomic mass is 16.5. The summed E-state index contributed by atoms with van der Waals surface area (Å²) in [6.45, 7) is 6.14. The summed E-state index contributed by atoms with van der Waals surface area (Å²) in [5.41, 5.74) is 6.31. The second kappa shape index (κ2) is 4.86. The van der Waals surface area contributed by atoms with E-state index in [1.54, 1.807) is 7.11 Å². The number of aliphatic hydroxyl groups is 1. The summed E-state index contributed by atoms with van der Waals surface area (Å²) in [6.07, 6.45) is 0. The van der Waals surface area contributed by atoms with E-state index in [9.17, 15) is 5.11 Å². The van der Waals surface area contributed by atoms with E-state index in [1.165, 1.54) is 5.56 Å². The third-order valence-corrected chi connectivity index (χ3v) is 3.23. The van der Waals surface area contributed by atoms with Crippen LogP contribution in [-0.2, 0) is 6.61 Å². The van der Waals surface area contributed by atoms with Crippen LogP contribution in [0.1, 0.15) is 22.4 Å². The van der Waals surface area contributed by atoms with Crippen molar-refractivity contribution >= 4 is 0 Å². The standard InChI is InChI=1S/C15H19NO2/c1-9-5-10(2)15(14(6-9)18-4)13-7-12(8-17)11(3)16-13/h5-7,16-17H,8H2,1-4H3. The molecule has 2 aromatic rings. The van der Waals surface area contributed by atoms with Crippen LogP contribution in [0.25, 0.3) is 11.3 Å². The summed E-state index contributed by atoms with van der Waals surface area (Å²) < 4.78 is 5.46. The number of benzene rings is 1. The Morgan fingerprint density at radius 2 is 1.89 bits per heavy atom. The molecule has 3 heteroatoms. The summed E-state index contributed by atoms with van der Waals surface area (Å²) in [6, 6.07) is 6.14. The highest BCUT2D eigenvalue weighted by molar-refractivity contribution is 5.73. The van der Waals surface area contributed by atoms with E-state index in [1.807, 2.05) is 19.1 Å². The molecule has 96 valence electrons. The topological polar surface area (TPSA) is 45.2 Å². The Morgan fingerprint density at radius 3 is 2.44 bits per heavy atom. The normalized spacial score (nSPS) is 10.7. The quantitative estimate of drug-likeness (QED) is 0.872. The molecule has 0 aliphatic carbocycles. The predicted molar refractivity (Wildman–Crippen MR) is 72.9 cm³/mol. The first kappa shape index (κ1) is 12.7. The smallest absolute Gasteiger partial charge is 0.128 e. The molecule has 0 fully saturated rings. The molecule has 3 nitrogen and oxygen atoms in total. The largest absolute Gasteiger partial charge is 0.496 e. The van der Waals surface area contributed by atoms with Crippen molar-refractivity contribution in [3.8, 4) is 17.0 Å². The number of aliphatic hydroxyl groups excluding tert-OH is 1. The molecule has 1 aromatic carbocycles. The van der Waals surface area contributed by atoms with Crippen LogP contribution in [0.4, 0.5) is 0 Å². The van der Waals surface area contributed by atoms with Gasteiger partial charge in [0.1, 0.15) is 5.75 Å². The Balaban J connectivity index is 2.62. The maximum atomic E-state index is 9.27. The molecule has 0 amide bonds. The fourth-order valence-electron chi connectivity index (χ4n) is 2.33. The molecule has 0 bridgehead atoms. The minimum absolute atomic E-state index is 0.0511. The molecule has 2 rings (SSSR count). The predicted octanol–water partition coefficient (Wildman–Crippen LogP) is 3.11. The van der Waals surface area contributed by atoms with E-state index in [4.69, 9.17) is 4.74 Å². The van der Waals surface area contributed by atoms with Gasteiger partial charge in [0, 0.05) is 17.0 Å². The minimum Gasteiger partial charge on any atom is -0.496 e. The minimum atomic E-state index is 0.0511. The number of methoxy groups -OCH3 is 1. The van der Waals surface area contributed by atoms with E-state index < -0.39 is 0 Å². The number of ether oxygens (including phenoxy) is 1. The van der Waals surface area contributed by atoms with Crippen LogP contribution in [0.3, 0.4) is 0 Å². The summed E-state index contributed by atoms with van der Waals surface area (Å²) >= 11 is 0. The molecular formula is C15H19NO2. The van der Waals surface area contributed by atoms with Gasteiger partial charge in [0.15, 0.2) is 0 Å².